The third kappa shape index (κ3) is 5.06. The van der Waals surface area contributed by atoms with Gasteiger partial charge in [-0.2, -0.15) is 0 Å². The van der Waals surface area contributed by atoms with E-state index in [0.717, 1.165) is 45.9 Å². The molecule has 1 unspecified atom stereocenters. The van der Waals surface area contributed by atoms with Crippen molar-refractivity contribution in [3.63, 3.8) is 0 Å². The fourth-order valence-corrected chi connectivity index (χ4v) is 3.23. The summed E-state index contributed by atoms with van der Waals surface area (Å²) in [6.07, 6.45) is 2.57. The average molecular weight is 430 g/mol. The molecular weight excluding hydrogens is 403 g/mol. The predicted molar refractivity (Wildman–Crippen MR) is 104 cm³/mol. The number of morpholine rings is 1. The standard InChI is InChI=1S/C17H26N4O.HI/c18-17(21-10-12-22-13-11-21)19-14-16(20-8-4-5-9-20)15-6-2-1-3-7-15;/h1-3,6-7,16H,4-5,8-14H2,(H2,18,19);1H. The number of nitrogens with zero attached hydrogens (tertiary/aromatic N) is 3. The van der Waals surface area contributed by atoms with Crippen LogP contribution in [0, 0.1) is 0 Å². The maximum absolute atomic E-state index is 6.18. The maximum Gasteiger partial charge on any atom is 0.191 e. The summed E-state index contributed by atoms with van der Waals surface area (Å²) >= 11 is 0. The lowest BCUT2D eigenvalue weighted by Crippen LogP contribution is -2.45. The lowest BCUT2D eigenvalue weighted by atomic mass is 10.1. The summed E-state index contributed by atoms with van der Waals surface area (Å²) < 4.78 is 5.37. The molecule has 0 spiro atoms. The molecule has 0 saturated carbocycles. The van der Waals surface area contributed by atoms with Crippen molar-refractivity contribution in [3.05, 3.63) is 35.9 Å². The molecule has 2 aliphatic heterocycles. The van der Waals surface area contributed by atoms with Crippen LogP contribution in [0.1, 0.15) is 24.4 Å². The highest BCUT2D eigenvalue weighted by molar-refractivity contribution is 14.0. The number of ether oxygens (including phenoxy) is 1. The number of aliphatic imine (C=N–C) groups is 1. The molecule has 5 nitrogen and oxygen atoms in total. The Kier molecular flexibility index (Phi) is 7.58. The summed E-state index contributed by atoms with van der Waals surface area (Å²) in [7, 11) is 0. The first-order valence-electron chi connectivity index (χ1n) is 8.26. The molecule has 1 atom stereocenters. The van der Waals surface area contributed by atoms with E-state index in [4.69, 9.17) is 15.5 Å². The third-order valence-electron chi connectivity index (χ3n) is 4.53. The first kappa shape index (κ1) is 18.5. The van der Waals surface area contributed by atoms with Crippen LogP contribution in [-0.4, -0.2) is 61.7 Å². The Bertz CT molecular complexity index is 485. The van der Waals surface area contributed by atoms with Crippen LogP contribution >= 0.6 is 24.0 Å². The summed E-state index contributed by atoms with van der Waals surface area (Å²) in [6, 6.07) is 11.0. The van der Waals surface area contributed by atoms with Gasteiger partial charge in [-0.25, -0.2) is 0 Å². The highest BCUT2D eigenvalue weighted by atomic mass is 127. The highest BCUT2D eigenvalue weighted by Gasteiger charge is 2.23. The molecular formula is C17H27IN4O. The lowest BCUT2D eigenvalue weighted by molar-refractivity contribution is 0.0673. The molecule has 2 aliphatic rings. The van der Waals surface area contributed by atoms with E-state index in [1.54, 1.807) is 0 Å². The molecule has 2 fully saturated rings. The Balaban J connectivity index is 0.00000192. The van der Waals surface area contributed by atoms with Gasteiger partial charge in [-0.3, -0.25) is 9.89 Å². The van der Waals surface area contributed by atoms with Gasteiger partial charge in [-0.05, 0) is 31.5 Å². The summed E-state index contributed by atoms with van der Waals surface area (Å²) in [4.78, 5) is 9.35. The van der Waals surface area contributed by atoms with E-state index in [1.807, 2.05) is 0 Å². The van der Waals surface area contributed by atoms with Crippen LogP contribution in [0.15, 0.2) is 35.3 Å². The van der Waals surface area contributed by atoms with Gasteiger partial charge in [0.2, 0.25) is 0 Å². The smallest absolute Gasteiger partial charge is 0.191 e. The molecule has 0 aromatic heterocycles. The van der Waals surface area contributed by atoms with Crippen molar-refractivity contribution < 1.29 is 4.74 Å². The zero-order chi connectivity index (χ0) is 15.2. The van der Waals surface area contributed by atoms with E-state index in [-0.39, 0.29) is 24.0 Å². The van der Waals surface area contributed by atoms with Crippen molar-refractivity contribution in [3.8, 4) is 0 Å². The topological polar surface area (TPSA) is 54.1 Å². The summed E-state index contributed by atoms with van der Waals surface area (Å²) in [5, 5.41) is 0. The van der Waals surface area contributed by atoms with Crippen LogP contribution in [0.5, 0.6) is 0 Å². The number of likely N-dealkylation sites (tertiary alicyclic amines) is 1. The van der Waals surface area contributed by atoms with Gasteiger partial charge in [-0.1, -0.05) is 30.3 Å². The van der Waals surface area contributed by atoms with Gasteiger partial charge in [0, 0.05) is 13.1 Å². The summed E-state index contributed by atoms with van der Waals surface area (Å²) in [5.41, 5.74) is 7.51. The second kappa shape index (κ2) is 9.44. The molecule has 3 rings (SSSR count). The Morgan fingerprint density at radius 2 is 1.74 bits per heavy atom. The first-order chi connectivity index (χ1) is 10.8. The van der Waals surface area contributed by atoms with Gasteiger partial charge < -0.3 is 15.4 Å². The molecule has 1 aromatic carbocycles. The molecule has 2 saturated heterocycles. The van der Waals surface area contributed by atoms with Crippen molar-refractivity contribution >= 4 is 29.9 Å². The van der Waals surface area contributed by atoms with E-state index >= 15 is 0 Å². The Morgan fingerprint density at radius 3 is 2.39 bits per heavy atom. The predicted octanol–water partition coefficient (Wildman–Crippen LogP) is 2.09. The molecule has 1 aromatic rings. The minimum Gasteiger partial charge on any atom is -0.378 e. The van der Waals surface area contributed by atoms with Gasteiger partial charge >= 0.3 is 0 Å². The minimum absolute atomic E-state index is 0. The Labute approximate surface area is 155 Å². The Hall–Kier alpha value is -0.860. The second-order valence-electron chi connectivity index (χ2n) is 5.97. The fraction of sp³-hybridized carbons (Fsp3) is 0.588. The van der Waals surface area contributed by atoms with Gasteiger partial charge in [0.05, 0.1) is 25.8 Å². The normalized spacial score (nSPS) is 21.0. The van der Waals surface area contributed by atoms with Crippen LogP contribution < -0.4 is 5.73 Å². The monoisotopic (exact) mass is 430 g/mol. The van der Waals surface area contributed by atoms with Crippen molar-refractivity contribution in [2.24, 2.45) is 10.7 Å². The molecule has 0 aliphatic carbocycles. The molecule has 2 N–H and O–H groups in total. The van der Waals surface area contributed by atoms with Gasteiger partial charge in [-0.15, -0.1) is 24.0 Å². The van der Waals surface area contributed by atoms with Crippen LogP contribution in [0.25, 0.3) is 0 Å². The molecule has 2 heterocycles. The number of guanidine groups is 1. The summed E-state index contributed by atoms with van der Waals surface area (Å²) in [5.74, 6) is 0.656. The molecule has 128 valence electrons. The molecule has 0 radical (unpaired) electrons. The van der Waals surface area contributed by atoms with Crippen LogP contribution in [-0.2, 0) is 4.74 Å². The third-order valence-corrected chi connectivity index (χ3v) is 4.53. The highest BCUT2D eigenvalue weighted by Crippen LogP contribution is 2.25. The van der Waals surface area contributed by atoms with E-state index in [2.05, 4.69) is 40.1 Å². The van der Waals surface area contributed by atoms with Crippen molar-refractivity contribution in [2.45, 2.75) is 18.9 Å². The number of rotatable bonds is 4. The first-order valence-corrected chi connectivity index (χ1v) is 8.26. The number of halogens is 1. The quantitative estimate of drug-likeness (QED) is 0.452. The number of hydrogen-bond donors (Lipinski definition) is 1. The van der Waals surface area contributed by atoms with Crippen molar-refractivity contribution in [2.75, 3.05) is 45.9 Å². The largest absolute Gasteiger partial charge is 0.378 e. The number of hydrogen-bond acceptors (Lipinski definition) is 3. The van der Waals surface area contributed by atoms with Gasteiger partial charge in [0.25, 0.3) is 0 Å². The lowest BCUT2D eigenvalue weighted by Gasteiger charge is -2.29. The van der Waals surface area contributed by atoms with Gasteiger partial charge in [0.1, 0.15) is 0 Å². The molecule has 6 heteroatoms. The molecule has 23 heavy (non-hydrogen) atoms. The van der Waals surface area contributed by atoms with E-state index < -0.39 is 0 Å². The summed E-state index contributed by atoms with van der Waals surface area (Å²) in [6.45, 7) is 6.21. The molecule has 0 bridgehead atoms. The second-order valence-corrected chi connectivity index (χ2v) is 5.97. The average Bonchev–Trinajstić information content (AvgIpc) is 3.11. The maximum atomic E-state index is 6.18. The fourth-order valence-electron chi connectivity index (χ4n) is 3.23. The SMILES string of the molecule is I.NC(=NCC(c1ccccc1)N1CCCC1)N1CCOCC1. The number of benzene rings is 1. The Morgan fingerprint density at radius 1 is 1.09 bits per heavy atom. The van der Waals surface area contributed by atoms with E-state index in [0.29, 0.717) is 12.0 Å². The van der Waals surface area contributed by atoms with Crippen LogP contribution in [0.3, 0.4) is 0 Å². The van der Waals surface area contributed by atoms with Crippen LogP contribution in [0.4, 0.5) is 0 Å². The molecule has 0 amide bonds. The minimum atomic E-state index is 0. The number of nitrogens with two attached hydrogens (primary N) is 1. The zero-order valence-electron chi connectivity index (χ0n) is 13.6. The van der Waals surface area contributed by atoms with E-state index in [1.165, 1.54) is 18.4 Å². The zero-order valence-corrected chi connectivity index (χ0v) is 15.9. The van der Waals surface area contributed by atoms with Crippen molar-refractivity contribution in [1.82, 2.24) is 9.80 Å². The van der Waals surface area contributed by atoms with E-state index in [9.17, 15) is 0 Å². The van der Waals surface area contributed by atoms with Crippen molar-refractivity contribution in [1.29, 1.82) is 0 Å². The van der Waals surface area contributed by atoms with Crippen LogP contribution in [0.2, 0.25) is 0 Å². The van der Waals surface area contributed by atoms with Gasteiger partial charge in [0.15, 0.2) is 5.96 Å².